The van der Waals surface area contributed by atoms with E-state index in [9.17, 15) is 9.90 Å². The second kappa shape index (κ2) is 5.90. The van der Waals surface area contributed by atoms with Gasteiger partial charge in [0.05, 0.1) is 5.69 Å². The van der Waals surface area contributed by atoms with Crippen molar-refractivity contribution in [1.29, 1.82) is 0 Å². The maximum absolute atomic E-state index is 11.3. The van der Waals surface area contributed by atoms with Crippen molar-refractivity contribution in [3.63, 3.8) is 0 Å². The zero-order chi connectivity index (χ0) is 15.7. The zero-order valence-corrected chi connectivity index (χ0v) is 13.6. The number of hydrogen-bond acceptors (Lipinski definition) is 3. The normalized spacial score (nSPS) is 11.3. The average molecular weight is 303 g/mol. The highest BCUT2D eigenvalue weighted by Gasteiger charge is 2.23. The first kappa shape index (κ1) is 15.6. The Morgan fingerprint density at radius 1 is 1.10 bits per heavy atom. The highest BCUT2D eigenvalue weighted by molar-refractivity contribution is 7.18. The summed E-state index contributed by atoms with van der Waals surface area (Å²) < 4.78 is 0. The maximum atomic E-state index is 11.3. The maximum Gasteiger partial charge on any atom is 0.348 e. The monoisotopic (exact) mass is 303 g/mol. The van der Waals surface area contributed by atoms with Crippen molar-refractivity contribution in [3.8, 4) is 10.4 Å². The Kier molecular flexibility index (Phi) is 4.37. The second-order valence-corrected chi connectivity index (χ2v) is 6.84. The fourth-order valence-corrected chi connectivity index (χ4v) is 3.64. The molecule has 0 aliphatic heterocycles. The molecule has 0 bridgehead atoms. The molecule has 112 valence electrons. The van der Waals surface area contributed by atoms with Crippen LogP contribution in [-0.2, 0) is 0 Å². The first-order valence-electron chi connectivity index (χ1n) is 7.08. The Balaban J connectivity index is 2.57. The van der Waals surface area contributed by atoms with Crippen molar-refractivity contribution in [2.45, 2.75) is 39.5 Å². The van der Waals surface area contributed by atoms with E-state index >= 15 is 0 Å². The molecule has 21 heavy (non-hydrogen) atoms. The number of carboxylic acid groups (broad SMARTS) is 1. The zero-order valence-electron chi connectivity index (χ0n) is 12.8. The third kappa shape index (κ3) is 2.95. The van der Waals surface area contributed by atoms with Crippen molar-refractivity contribution in [2.75, 3.05) is 5.73 Å². The largest absolute Gasteiger partial charge is 0.477 e. The Morgan fingerprint density at radius 3 is 2.10 bits per heavy atom. The van der Waals surface area contributed by atoms with E-state index in [4.69, 9.17) is 5.73 Å². The molecule has 2 rings (SSSR count). The van der Waals surface area contributed by atoms with Crippen LogP contribution in [0.4, 0.5) is 5.69 Å². The van der Waals surface area contributed by atoms with Gasteiger partial charge in [-0.05, 0) is 28.5 Å². The van der Waals surface area contributed by atoms with Gasteiger partial charge in [0, 0.05) is 4.88 Å². The minimum Gasteiger partial charge on any atom is -0.477 e. The van der Waals surface area contributed by atoms with Crippen LogP contribution in [0.1, 0.15) is 60.3 Å². The standard InChI is InChI=1S/C17H21NO2S/c1-9(2)11-5-7-12(8-6-11)15-13(10(3)4)14(18)16(21-15)17(19)20/h5-10H,18H2,1-4H3,(H,19,20). The first-order chi connectivity index (χ1) is 9.82. The number of nitrogen functional groups attached to an aromatic ring is 1. The van der Waals surface area contributed by atoms with Crippen LogP contribution >= 0.6 is 11.3 Å². The lowest BCUT2D eigenvalue weighted by atomic mass is 9.96. The molecule has 0 aliphatic rings. The summed E-state index contributed by atoms with van der Waals surface area (Å²) in [6.07, 6.45) is 0. The third-order valence-electron chi connectivity index (χ3n) is 3.59. The molecule has 1 aromatic heterocycles. The Bertz CT molecular complexity index is 654. The summed E-state index contributed by atoms with van der Waals surface area (Å²) in [5, 5.41) is 9.28. The van der Waals surface area contributed by atoms with Gasteiger partial charge in [0.2, 0.25) is 0 Å². The summed E-state index contributed by atoms with van der Waals surface area (Å²) in [4.78, 5) is 12.5. The number of rotatable bonds is 4. The van der Waals surface area contributed by atoms with Gasteiger partial charge in [-0.15, -0.1) is 11.3 Å². The van der Waals surface area contributed by atoms with Gasteiger partial charge in [-0.3, -0.25) is 0 Å². The predicted molar refractivity (Wildman–Crippen MR) is 89.3 cm³/mol. The van der Waals surface area contributed by atoms with Crippen molar-refractivity contribution in [3.05, 3.63) is 40.3 Å². The summed E-state index contributed by atoms with van der Waals surface area (Å²) >= 11 is 1.27. The summed E-state index contributed by atoms with van der Waals surface area (Å²) in [6, 6.07) is 8.30. The molecular weight excluding hydrogens is 282 g/mol. The van der Waals surface area contributed by atoms with E-state index in [1.54, 1.807) is 0 Å². The van der Waals surface area contributed by atoms with E-state index in [1.165, 1.54) is 16.9 Å². The van der Waals surface area contributed by atoms with E-state index in [-0.39, 0.29) is 10.8 Å². The number of thiophene rings is 1. The van der Waals surface area contributed by atoms with Gasteiger partial charge >= 0.3 is 5.97 Å². The predicted octanol–water partition coefficient (Wildman–Crippen LogP) is 4.94. The number of benzene rings is 1. The van der Waals surface area contributed by atoms with Crippen LogP contribution < -0.4 is 5.73 Å². The molecule has 0 spiro atoms. The van der Waals surface area contributed by atoms with Crippen LogP contribution in [0, 0.1) is 0 Å². The lowest BCUT2D eigenvalue weighted by Crippen LogP contribution is -2.00. The lowest BCUT2D eigenvalue weighted by Gasteiger charge is -2.10. The fourth-order valence-electron chi connectivity index (χ4n) is 2.42. The molecule has 0 radical (unpaired) electrons. The highest BCUT2D eigenvalue weighted by atomic mass is 32.1. The van der Waals surface area contributed by atoms with Gasteiger partial charge in [-0.2, -0.15) is 0 Å². The molecule has 0 saturated carbocycles. The Labute approximate surface area is 129 Å². The summed E-state index contributed by atoms with van der Waals surface area (Å²) in [5.74, 6) is -0.287. The van der Waals surface area contributed by atoms with Crippen LogP contribution in [0.15, 0.2) is 24.3 Å². The first-order valence-corrected chi connectivity index (χ1v) is 7.90. The summed E-state index contributed by atoms with van der Waals surface area (Å²) in [7, 11) is 0. The summed E-state index contributed by atoms with van der Waals surface area (Å²) in [6.45, 7) is 8.38. The number of carboxylic acids is 1. The van der Waals surface area contributed by atoms with Crippen molar-refractivity contribution in [1.82, 2.24) is 0 Å². The van der Waals surface area contributed by atoms with Crippen molar-refractivity contribution < 1.29 is 9.90 Å². The van der Waals surface area contributed by atoms with Crippen LogP contribution in [0.5, 0.6) is 0 Å². The minimum atomic E-state index is -0.954. The Hall–Kier alpha value is -1.81. The smallest absolute Gasteiger partial charge is 0.348 e. The molecule has 1 aromatic carbocycles. The molecule has 0 atom stereocenters. The van der Waals surface area contributed by atoms with E-state index < -0.39 is 5.97 Å². The van der Waals surface area contributed by atoms with Crippen LogP contribution in [0.3, 0.4) is 0 Å². The Morgan fingerprint density at radius 2 is 1.67 bits per heavy atom. The number of aromatic carboxylic acids is 1. The number of nitrogens with two attached hydrogens (primary N) is 1. The average Bonchev–Trinajstić information content (AvgIpc) is 2.76. The lowest BCUT2D eigenvalue weighted by molar-refractivity contribution is 0.0703. The quantitative estimate of drug-likeness (QED) is 0.840. The van der Waals surface area contributed by atoms with Gasteiger partial charge in [0.25, 0.3) is 0 Å². The van der Waals surface area contributed by atoms with E-state index in [2.05, 4.69) is 38.1 Å². The molecule has 3 nitrogen and oxygen atoms in total. The van der Waals surface area contributed by atoms with Gasteiger partial charge in [-0.1, -0.05) is 52.0 Å². The molecule has 3 N–H and O–H groups in total. The molecule has 4 heteroatoms. The van der Waals surface area contributed by atoms with Crippen LogP contribution in [-0.4, -0.2) is 11.1 Å². The van der Waals surface area contributed by atoms with Gasteiger partial charge < -0.3 is 10.8 Å². The van der Waals surface area contributed by atoms with E-state index in [0.717, 1.165) is 16.0 Å². The van der Waals surface area contributed by atoms with Gasteiger partial charge in [-0.25, -0.2) is 4.79 Å². The van der Waals surface area contributed by atoms with Crippen LogP contribution in [0.25, 0.3) is 10.4 Å². The van der Waals surface area contributed by atoms with Crippen LogP contribution in [0.2, 0.25) is 0 Å². The third-order valence-corrected chi connectivity index (χ3v) is 4.85. The SMILES string of the molecule is CC(C)c1ccc(-c2sc(C(=O)O)c(N)c2C(C)C)cc1. The minimum absolute atomic E-state index is 0.189. The molecule has 0 aliphatic carbocycles. The van der Waals surface area contributed by atoms with E-state index in [0.29, 0.717) is 11.6 Å². The molecule has 0 fully saturated rings. The van der Waals surface area contributed by atoms with Gasteiger partial charge in [0.1, 0.15) is 4.88 Å². The highest BCUT2D eigenvalue weighted by Crippen LogP contribution is 2.42. The number of hydrogen-bond donors (Lipinski definition) is 2. The molecule has 2 aromatic rings. The number of carbonyl (C=O) groups is 1. The fraction of sp³-hybridized carbons (Fsp3) is 0.353. The number of anilines is 1. The summed E-state index contributed by atoms with van der Waals surface area (Å²) in [5.41, 5.74) is 9.70. The molecule has 0 saturated heterocycles. The molecule has 1 heterocycles. The van der Waals surface area contributed by atoms with E-state index in [1.807, 2.05) is 13.8 Å². The van der Waals surface area contributed by atoms with Gasteiger partial charge in [0.15, 0.2) is 0 Å². The van der Waals surface area contributed by atoms with Crippen molar-refractivity contribution in [2.24, 2.45) is 0 Å². The molecule has 0 amide bonds. The second-order valence-electron chi connectivity index (χ2n) is 5.82. The molecular formula is C17H21NO2S. The topological polar surface area (TPSA) is 63.3 Å². The van der Waals surface area contributed by atoms with Crippen molar-refractivity contribution >= 4 is 23.0 Å². The molecule has 0 unspecified atom stereocenters.